The Balaban J connectivity index is 1.88. The van der Waals surface area contributed by atoms with Gasteiger partial charge >= 0.3 is 5.97 Å². The Kier molecular flexibility index (Phi) is 5.19. The van der Waals surface area contributed by atoms with Crippen molar-refractivity contribution in [3.8, 4) is 17.4 Å². The number of hydrogen-bond acceptors (Lipinski definition) is 5. The molecule has 0 atom stereocenters. The number of benzene rings is 1. The first-order chi connectivity index (χ1) is 12.2. The van der Waals surface area contributed by atoms with Crippen LogP contribution >= 0.6 is 11.6 Å². The zero-order valence-corrected chi connectivity index (χ0v) is 16.3. The van der Waals surface area contributed by atoms with Crippen LogP contribution < -0.4 is 9.47 Å². The maximum Gasteiger partial charge on any atom is 0.311 e. The van der Waals surface area contributed by atoms with Crippen molar-refractivity contribution in [1.29, 1.82) is 0 Å². The fourth-order valence-electron chi connectivity index (χ4n) is 2.70. The number of esters is 1. The smallest absolute Gasteiger partial charge is 0.311 e. The van der Waals surface area contributed by atoms with Crippen molar-refractivity contribution in [3.63, 3.8) is 0 Å². The van der Waals surface area contributed by atoms with Crippen molar-refractivity contribution in [1.82, 2.24) is 10.2 Å². The van der Waals surface area contributed by atoms with Crippen LogP contribution in [-0.4, -0.2) is 16.2 Å². The third-order valence-electron chi connectivity index (χ3n) is 4.05. The number of para-hydroxylation sites is 1. The van der Waals surface area contributed by atoms with E-state index in [-0.39, 0.29) is 34.6 Å². The lowest BCUT2D eigenvalue weighted by Crippen LogP contribution is -2.18. The molecule has 0 radical (unpaired) electrons. The standard InChI is InChI=1S/C20H23ClN2O3/c1-12-6-5-7-14(13-8-9-13)18(12)26-19-15(10-16(21)22-23-19)25-17(24)11-20(2,3)4/h5-7,10,13H,8-9,11H2,1-4H3. The minimum atomic E-state index is -0.362. The van der Waals surface area contributed by atoms with E-state index in [0.717, 1.165) is 29.7 Å². The fraction of sp³-hybridized carbons (Fsp3) is 0.450. The second kappa shape index (κ2) is 7.23. The summed E-state index contributed by atoms with van der Waals surface area (Å²) in [7, 11) is 0. The van der Waals surface area contributed by atoms with Crippen molar-refractivity contribution in [2.45, 2.75) is 52.9 Å². The van der Waals surface area contributed by atoms with Crippen molar-refractivity contribution in [2.75, 3.05) is 0 Å². The molecule has 1 fully saturated rings. The average molecular weight is 375 g/mol. The van der Waals surface area contributed by atoms with Gasteiger partial charge < -0.3 is 9.47 Å². The first kappa shape index (κ1) is 18.6. The molecule has 0 N–H and O–H groups in total. The van der Waals surface area contributed by atoms with Gasteiger partial charge in [-0.3, -0.25) is 4.79 Å². The topological polar surface area (TPSA) is 61.3 Å². The van der Waals surface area contributed by atoms with Crippen LogP contribution in [0, 0.1) is 12.3 Å². The number of aromatic nitrogens is 2. The molecule has 2 aromatic rings. The molecule has 0 amide bonds. The number of nitrogens with zero attached hydrogens (tertiary/aromatic N) is 2. The van der Waals surface area contributed by atoms with Gasteiger partial charge in [-0.25, -0.2) is 0 Å². The maximum atomic E-state index is 12.2. The minimum absolute atomic E-state index is 0.142. The van der Waals surface area contributed by atoms with Crippen LogP contribution in [0.15, 0.2) is 24.3 Å². The lowest BCUT2D eigenvalue weighted by atomic mass is 9.92. The molecular weight excluding hydrogens is 352 g/mol. The Labute approximate surface area is 158 Å². The molecule has 0 unspecified atom stereocenters. The molecule has 5 nitrogen and oxygen atoms in total. The molecule has 0 aliphatic heterocycles. The zero-order chi connectivity index (χ0) is 18.9. The van der Waals surface area contributed by atoms with E-state index in [1.807, 2.05) is 39.8 Å². The molecule has 3 rings (SSSR count). The van der Waals surface area contributed by atoms with Gasteiger partial charge in [0.25, 0.3) is 5.88 Å². The summed E-state index contributed by atoms with van der Waals surface area (Å²) in [6.45, 7) is 7.89. The van der Waals surface area contributed by atoms with Crippen LogP contribution in [0.4, 0.5) is 0 Å². The molecule has 0 saturated heterocycles. The van der Waals surface area contributed by atoms with E-state index in [4.69, 9.17) is 21.1 Å². The van der Waals surface area contributed by atoms with Crippen LogP contribution in [0.5, 0.6) is 17.4 Å². The summed E-state index contributed by atoms with van der Waals surface area (Å²) in [4.78, 5) is 12.2. The predicted molar refractivity (Wildman–Crippen MR) is 100.0 cm³/mol. The van der Waals surface area contributed by atoms with Gasteiger partial charge in [0, 0.05) is 6.07 Å². The second-order valence-electron chi connectivity index (χ2n) is 7.92. The van der Waals surface area contributed by atoms with Gasteiger partial charge in [-0.1, -0.05) is 50.6 Å². The molecule has 26 heavy (non-hydrogen) atoms. The summed E-state index contributed by atoms with van der Waals surface area (Å²) in [6.07, 6.45) is 2.57. The van der Waals surface area contributed by atoms with E-state index in [9.17, 15) is 4.79 Å². The molecule has 1 saturated carbocycles. The van der Waals surface area contributed by atoms with Crippen LogP contribution in [0.2, 0.25) is 5.15 Å². The van der Waals surface area contributed by atoms with Crippen molar-refractivity contribution < 1.29 is 14.3 Å². The van der Waals surface area contributed by atoms with E-state index in [1.54, 1.807) is 0 Å². The van der Waals surface area contributed by atoms with Gasteiger partial charge in [0.15, 0.2) is 10.9 Å². The van der Waals surface area contributed by atoms with E-state index in [1.165, 1.54) is 6.07 Å². The first-order valence-corrected chi connectivity index (χ1v) is 9.12. The van der Waals surface area contributed by atoms with Crippen molar-refractivity contribution in [2.24, 2.45) is 5.41 Å². The number of ether oxygens (including phenoxy) is 2. The second-order valence-corrected chi connectivity index (χ2v) is 8.30. The Morgan fingerprint density at radius 3 is 2.65 bits per heavy atom. The third-order valence-corrected chi connectivity index (χ3v) is 4.24. The highest BCUT2D eigenvalue weighted by atomic mass is 35.5. The van der Waals surface area contributed by atoms with Crippen LogP contribution in [0.3, 0.4) is 0 Å². The Morgan fingerprint density at radius 1 is 1.27 bits per heavy atom. The molecule has 0 spiro atoms. The van der Waals surface area contributed by atoms with Crippen LogP contribution in [0.1, 0.15) is 57.1 Å². The molecule has 1 heterocycles. The summed E-state index contributed by atoms with van der Waals surface area (Å²) in [6, 6.07) is 7.53. The summed E-state index contributed by atoms with van der Waals surface area (Å²) in [5.41, 5.74) is 1.96. The summed E-state index contributed by atoms with van der Waals surface area (Å²) in [5.74, 6) is 1.23. The summed E-state index contributed by atoms with van der Waals surface area (Å²) >= 11 is 5.94. The molecule has 1 aromatic heterocycles. The number of hydrogen-bond donors (Lipinski definition) is 0. The number of carbonyl (C=O) groups excluding carboxylic acids is 1. The third kappa shape index (κ3) is 4.73. The molecule has 1 aliphatic rings. The predicted octanol–water partition coefficient (Wildman–Crippen LogP) is 5.45. The first-order valence-electron chi connectivity index (χ1n) is 8.74. The molecule has 138 valence electrons. The van der Waals surface area contributed by atoms with Gasteiger partial charge in [0.05, 0.1) is 6.42 Å². The average Bonchev–Trinajstić information content (AvgIpc) is 3.34. The quantitative estimate of drug-likeness (QED) is 0.651. The lowest BCUT2D eigenvalue weighted by molar-refractivity contribution is -0.136. The zero-order valence-electron chi connectivity index (χ0n) is 15.5. The van der Waals surface area contributed by atoms with E-state index >= 15 is 0 Å². The van der Waals surface area contributed by atoms with Crippen LogP contribution in [0.25, 0.3) is 0 Å². The summed E-state index contributed by atoms with van der Waals surface area (Å²) in [5, 5.41) is 7.98. The lowest BCUT2D eigenvalue weighted by Gasteiger charge is -2.18. The molecular formula is C20H23ClN2O3. The Bertz CT molecular complexity index is 826. The fourth-order valence-corrected chi connectivity index (χ4v) is 2.84. The van der Waals surface area contributed by atoms with Gasteiger partial charge in [0.2, 0.25) is 0 Å². The maximum absolute atomic E-state index is 12.2. The van der Waals surface area contributed by atoms with Gasteiger partial charge in [-0.05, 0) is 42.2 Å². The molecule has 1 aromatic carbocycles. The monoisotopic (exact) mass is 374 g/mol. The van der Waals surface area contributed by atoms with Crippen LogP contribution in [-0.2, 0) is 4.79 Å². The Hall–Kier alpha value is -2.14. The SMILES string of the molecule is Cc1cccc(C2CC2)c1Oc1nnc(Cl)cc1OC(=O)CC(C)(C)C. The van der Waals surface area contributed by atoms with Gasteiger partial charge in [-0.15, -0.1) is 10.2 Å². The van der Waals surface area contributed by atoms with E-state index in [2.05, 4.69) is 16.3 Å². The van der Waals surface area contributed by atoms with Crippen molar-refractivity contribution in [3.05, 3.63) is 40.5 Å². The number of rotatable bonds is 5. The minimum Gasteiger partial charge on any atom is -0.434 e. The normalized spacial score (nSPS) is 14.2. The molecule has 6 heteroatoms. The van der Waals surface area contributed by atoms with Crippen molar-refractivity contribution >= 4 is 17.6 Å². The van der Waals surface area contributed by atoms with Gasteiger partial charge in [0.1, 0.15) is 5.75 Å². The molecule has 0 bridgehead atoms. The summed E-state index contributed by atoms with van der Waals surface area (Å²) < 4.78 is 11.5. The van der Waals surface area contributed by atoms with E-state index in [0.29, 0.717) is 5.92 Å². The van der Waals surface area contributed by atoms with Gasteiger partial charge in [-0.2, -0.15) is 0 Å². The highest BCUT2D eigenvalue weighted by Crippen LogP contribution is 2.46. The number of aryl methyl sites for hydroxylation is 1. The Morgan fingerprint density at radius 2 is 2.00 bits per heavy atom. The highest BCUT2D eigenvalue weighted by Gasteiger charge is 2.28. The number of carbonyl (C=O) groups is 1. The highest BCUT2D eigenvalue weighted by molar-refractivity contribution is 6.29. The van der Waals surface area contributed by atoms with E-state index < -0.39 is 0 Å². The largest absolute Gasteiger partial charge is 0.434 e. The molecule has 1 aliphatic carbocycles. The number of halogens is 1.